The number of allylic oxidation sites excluding steroid dienone is 2. The van der Waals surface area contributed by atoms with Crippen molar-refractivity contribution < 1.29 is 8.78 Å². The molecular formula is C10H16F2. The summed E-state index contributed by atoms with van der Waals surface area (Å²) in [5.41, 5.74) is 0.839. The lowest BCUT2D eigenvalue weighted by Gasteiger charge is -2.20. The van der Waals surface area contributed by atoms with Crippen molar-refractivity contribution in [3.63, 3.8) is 0 Å². The summed E-state index contributed by atoms with van der Waals surface area (Å²) in [4.78, 5) is 0. The normalized spacial score (nSPS) is 30.3. The van der Waals surface area contributed by atoms with Crippen molar-refractivity contribution in [2.75, 3.05) is 0 Å². The maximum atomic E-state index is 13.0. The first-order valence-corrected chi connectivity index (χ1v) is 4.56. The highest BCUT2D eigenvalue weighted by atomic mass is 19.3. The van der Waals surface area contributed by atoms with Crippen LogP contribution in [-0.2, 0) is 0 Å². The van der Waals surface area contributed by atoms with Crippen LogP contribution in [-0.4, -0.2) is 5.92 Å². The summed E-state index contributed by atoms with van der Waals surface area (Å²) in [6.45, 7) is 3.85. The highest BCUT2D eigenvalue weighted by Gasteiger charge is 2.27. The van der Waals surface area contributed by atoms with Crippen molar-refractivity contribution in [1.29, 1.82) is 0 Å². The Labute approximate surface area is 72.7 Å². The molecular weight excluding hydrogens is 158 g/mol. The van der Waals surface area contributed by atoms with Gasteiger partial charge in [-0.3, -0.25) is 0 Å². The minimum absolute atomic E-state index is 0.0194. The van der Waals surface area contributed by atoms with Crippen LogP contribution in [0.1, 0.15) is 39.5 Å². The van der Waals surface area contributed by atoms with E-state index in [1.165, 1.54) is 0 Å². The Kier molecular flexibility index (Phi) is 2.86. The molecule has 0 amide bonds. The van der Waals surface area contributed by atoms with E-state index in [1.807, 2.05) is 0 Å². The van der Waals surface area contributed by atoms with Gasteiger partial charge in [0.1, 0.15) is 0 Å². The van der Waals surface area contributed by atoms with Gasteiger partial charge in [0.05, 0.1) is 0 Å². The number of alkyl halides is 2. The maximum absolute atomic E-state index is 13.0. The Morgan fingerprint density at radius 1 is 1.42 bits per heavy atom. The van der Waals surface area contributed by atoms with E-state index in [9.17, 15) is 8.78 Å². The zero-order valence-corrected chi connectivity index (χ0v) is 7.74. The van der Waals surface area contributed by atoms with E-state index in [0.717, 1.165) is 24.5 Å². The average molecular weight is 174 g/mol. The summed E-state index contributed by atoms with van der Waals surface area (Å²) in [6.07, 6.45) is 3.69. The lowest BCUT2D eigenvalue weighted by molar-refractivity contribution is 0.0358. The average Bonchev–Trinajstić information content (AvgIpc) is 1.95. The van der Waals surface area contributed by atoms with E-state index >= 15 is 0 Å². The van der Waals surface area contributed by atoms with Crippen LogP contribution in [0.2, 0.25) is 0 Å². The SMILES string of the molecule is CC1=CC(F)(F)CCC(C)CC1. The largest absolute Gasteiger partial charge is 0.266 e. The lowest BCUT2D eigenvalue weighted by Crippen LogP contribution is -2.16. The first kappa shape index (κ1) is 9.69. The Morgan fingerprint density at radius 3 is 2.75 bits per heavy atom. The fourth-order valence-electron chi connectivity index (χ4n) is 1.56. The molecule has 12 heavy (non-hydrogen) atoms. The molecule has 0 aliphatic heterocycles. The number of hydrogen-bond donors (Lipinski definition) is 0. The van der Waals surface area contributed by atoms with E-state index in [1.54, 1.807) is 6.92 Å². The van der Waals surface area contributed by atoms with Gasteiger partial charge in [0.15, 0.2) is 0 Å². The fraction of sp³-hybridized carbons (Fsp3) is 0.800. The first-order chi connectivity index (χ1) is 5.49. The molecule has 0 saturated heterocycles. The summed E-state index contributed by atoms with van der Waals surface area (Å²) in [6, 6.07) is 0. The molecule has 1 rings (SSSR count). The van der Waals surface area contributed by atoms with Gasteiger partial charge >= 0.3 is 0 Å². The number of halogens is 2. The van der Waals surface area contributed by atoms with Crippen LogP contribution in [0.5, 0.6) is 0 Å². The molecule has 0 nitrogen and oxygen atoms in total. The predicted octanol–water partition coefficient (Wildman–Crippen LogP) is 3.78. The second kappa shape index (κ2) is 3.55. The van der Waals surface area contributed by atoms with Crippen molar-refractivity contribution in [3.8, 4) is 0 Å². The van der Waals surface area contributed by atoms with E-state index < -0.39 is 5.92 Å². The Hall–Kier alpha value is -0.400. The van der Waals surface area contributed by atoms with Crippen LogP contribution < -0.4 is 0 Å². The van der Waals surface area contributed by atoms with E-state index in [-0.39, 0.29) is 6.42 Å². The molecule has 1 unspecified atom stereocenters. The molecule has 2 heteroatoms. The van der Waals surface area contributed by atoms with E-state index in [2.05, 4.69) is 6.92 Å². The molecule has 0 spiro atoms. The van der Waals surface area contributed by atoms with E-state index in [0.29, 0.717) is 12.3 Å². The molecule has 0 heterocycles. The standard InChI is InChI=1S/C10H16F2/c1-8-3-4-9(2)7-10(11,12)6-5-8/h7-8H,3-6H2,1-2H3. The topological polar surface area (TPSA) is 0 Å². The number of rotatable bonds is 0. The second-order valence-corrected chi connectivity index (χ2v) is 3.93. The van der Waals surface area contributed by atoms with Crippen molar-refractivity contribution in [3.05, 3.63) is 11.6 Å². The van der Waals surface area contributed by atoms with Crippen molar-refractivity contribution in [2.45, 2.75) is 45.5 Å². The fourth-order valence-corrected chi connectivity index (χ4v) is 1.56. The van der Waals surface area contributed by atoms with Gasteiger partial charge in [0, 0.05) is 6.42 Å². The zero-order valence-electron chi connectivity index (χ0n) is 7.74. The smallest absolute Gasteiger partial charge is 0.202 e. The molecule has 0 aromatic rings. The van der Waals surface area contributed by atoms with Crippen molar-refractivity contribution in [2.24, 2.45) is 5.92 Å². The molecule has 0 aromatic heterocycles. The Balaban J connectivity index is 2.68. The Bertz CT molecular complexity index is 182. The van der Waals surface area contributed by atoms with Crippen molar-refractivity contribution >= 4 is 0 Å². The first-order valence-electron chi connectivity index (χ1n) is 4.56. The van der Waals surface area contributed by atoms with E-state index in [4.69, 9.17) is 0 Å². The van der Waals surface area contributed by atoms with Crippen LogP contribution in [0, 0.1) is 5.92 Å². The highest BCUT2D eigenvalue weighted by Crippen LogP contribution is 2.31. The molecule has 0 saturated carbocycles. The van der Waals surface area contributed by atoms with Gasteiger partial charge in [-0.05, 0) is 38.2 Å². The third kappa shape index (κ3) is 2.92. The molecule has 1 aliphatic carbocycles. The van der Waals surface area contributed by atoms with Crippen molar-refractivity contribution in [1.82, 2.24) is 0 Å². The molecule has 0 aromatic carbocycles. The second-order valence-electron chi connectivity index (χ2n) is 3.93. The van der Waals surface area contributed by atoms with Gasteiger partial charge < -0.3 is 0 Å². The lowest BCUT2D eigenvalue weighted by atomic mass is 9.91. The molecule has 0 radical (unpaired) electrons. The summed E-state index contributed by atoms with van der Waals surface area (Å²) in [5, 5.41) is 0. The van der Waals surface area contributed by atoms with Crippen LogP contribution in [0.25, 0.3) is 0 Å². The van der Waals surface area contributed by atoms with Crippen LogP contribution in [0.3, 0.4) is 0 Å². The van der Waals surface area contributed by atoms with Gasteiger partial charge in [-0.25, -0.2) is 8.78 Å². The van der Waals surface area contributed by atoms with Crippen LogP contribution in [0.4, 0.5) is 8.78 Å². The molecule has 0 bridgehead atoms. The Morgan fingerprint density at radius 2 is 2.08 bits per heavy atom. The van der Waals surface area contributed by atoms with Gasteiger partial charge in [-0.1, -0.05) is 12.5 Å². The predicted molar refractivity (Wildman–Crippen MR) is 46.3 cm³/mol. The van der Waals surface area contributed by atoms with Gasteiger partial charge in [-0.2, -0.15) is 0 Å². The summed E-state index contributed by atoms with van der Waals surface area (Å²) < 4.78 is 26.0. The maximum Gasteiger partial charge on any atom is 0.266 e. The summed E-state index contributed by atoms with van der Waals surface area (Å²) in [5.74, 6) is -2.11. The molecule has 70 valence electrons. The summed E-state index contributed by atoms with van der Waals surface area (Å²) >= 11 is 0. The van der Waals surface area contributed by atoms with Gasteiger partial charge in [-0.15, -0.1) is 0 Å². The molecule has 0 N–H and O–H groups in total. The van der Waals surface area contributed by atoms with Crippen LogP contribution in [0.15, 0.2) is 11.6 Å². The van der Waals surface area contributed by atoms with Gasteiger partial charge in [0.2, 0.25) is 0 Å². The van der Waals surface area contributed by atoms with Crippen LogP contribution >= 0.6 is 0 Å². The molecule has 1 atom stereocenters. The summed E-state index contributed by atoms with van der Waals surface area (Å²) in [7, 11) is 0. The highest BCUT2D eigenvalue weighted by molar-refractivity contribution is 5.06. The third-order valence-corrected chi connectivity index (χ3v) is 2.46. The molecule has 0 fully saturated rings. The number of hydrogen-bond acceptors (Lipinski definition) is 0. The third-order valence-electron chi connectivity index (χ3n) is 2.46. The quantitative estimate of drug-likeness (QED) is 0.490. The monoisotopic (exact) mass is 174 g/mol. The minimum Gasteiger partial charge on any atom is -0.202 e. The minimum atomic E-state index is -2.56. The van der Waals surface area contributed by atoms with Gasteiger partial charge in [0.25, 0.3) is 5.92 Å². The molecule has 1 aliphatic rings. The zero-order chi connectivity index (χ0) is 9.19.